The van der Waals surface area contributed by atoms with E-state index in [1.807, 2.05) is 39.4 Å². The summed E-state index contributed by atoms with van der Waals surface area (Å²) in [5.41, 5.74) is 6.10. The summed E-state index contributed by atoms with van der Waals surface area (Å²) in [5.74, 6) is 3.43. The molecule has 6 rings (SSSR count). The van der Waals surface area contributed by atoms with Crippen LogP contribution in [-0.4, -0.2) is 34.3 Å². The van der Waals surface area contributed by atoms with Crippen molar-refractivity contribution in [3.63, 3.8) is 0 Å². The molecule has 168 valence electrons. The maximum absolute atomic E-state index is 12.8. The Morgan fingerprint density at radius 3 is 2.94 bits per heavy atom. The molecule has 7 nitrogen and oxygen atoms in total. The molecule has 0 amide bonds. The standard InChI is InChI=1S/C26H21ClN6O/c1-2-23-21(17-3-4-17)5-8-26-30-20(15-33(23)26)14-32-13-18(12-29-32)25(34)7-6-22-24-11-19(27)9-10-31(24)16-28-22/h1,5,8-13,15-17H,3-4,6-7,14H2. The minimum absolute atomic E-state index is 0.0214. The Morgan fingerprint density at radius 2 is 2.12 bits per heavy atom. The minimum atomic E-state index is 0.0214. The number of aryl methyl sites for hydroxylation is 1. The summed E-state index contributed by atoms with van der Waals surface area (Å²) in [6.45, 7) is 0.460. The second-order valence-corrected chi connectivity index (χ2v) is 9.13. The van der Waals surface area contributed by atoms with Gasteiger partial charge < -0.3 is 4.40 Å². The molecule has 34 heavy (non-hydrogen) atoms. The molecule has 0 spiro atoms. The average Bonchev–Trinajstić information content (AvgIpc) is 3.24. The number of halogens is 1. The zero-order valence-electron chi connectivity index (χ0n) is 18.4. The Hall–Kier alpha value is -3.89. The highest BCUT2D eigenvalue weighted by molar-refractivity contribution is 6.30. The molecule has 0 saturated heterocycles. The van der Waals surface area contributed by atoms with Crippen LogP contribution < -0.4 is 0 Å². The first-order valence-electron chi connectivity index (χ1n) is 11.2. The summed E-state index contributed by atoms with van der Waals surface area (Å²) in [4.78, 5) is 21.9. The van der Waals surface area contributed by atoms with E-state index in [9.17, 15) is 4.79 Å². The summed E-state index contributed by atoms with van der Waals surface area (Å²) < 4.78 is 5.62. The van der Waals surface area contributed by atoms with Gasteiger partial charge in [-0.25, -0.2) is 9.97 Å². The van der Waals surface area contributed by atoms with E-state index in [0.29, 0.717) is 35.9 Å². The molecule has 0 radical (unpaired) electrons. The predicted octanol–water partition coefficient (Wildman–Crippen LogP) is 4.55. The Labute approximate surface area is 201 Å². The lowest BCUT2D eigenvalue weighted by atomic mass is 10.1. The lowest BCUT2D eigenvalue weighted by Crippen LogP contribution is -2.02. The van der Waals surface area contributed by atoms with E-state index in [4.69, 9.17) is 23.0 Å². The monoisotopic (exact) mass is 468 g/mol. The molecule has 5 aromatic heterocycles. The third kappa shape index (κ3) is 3.76. The van der Waals surface area contributed by atoms with Gasteiger partial charge in [0.25, 0.3) is 0 Å². The number of carbonyl (C=O) groups excluding carboxylic acids is 1. The average molecular weight is 469 g/mol. The summed E-state index contributed by atoms with van der Waals surface area (Å²) >= 11 is 6.11. The number of hydrogen-bond donors (Lipinski definition) is 0. The number of fused-ring (bicyclic) bond motifs is 2. The number of rotatable bonds is 7. The second kappa shape index (κ2) is 8.15. The van der Waals surface area contributed by atoms with Crippen LogP contribution in [0.1, 0.15) is 58.2 Å². The van der Waals surface area contributed by atoms with Crippen LogP contribution in [0.3, 0.4) is 0 Å². The summed E-state index contributed by atoms with van der Waals surface area (Å²) in [6.07, 6.45) is 18.0. The van der Waals surface area contributed by atoms with Gasteiger partial charge in [0.2, 0.25) is 0 Å². The highest BCUT2D eigenvalue weighted by Gasteiger charge is 2.27. The van der Waals surface area contributed by atoms with Crippen molar-refractivity contribution in [2.45, 2.75) is 38.1 Å². The number of terminal acetylenes is 1. The lowest BCUT2D eigenvalue weighted by molar-refractivity contribution is 0.0982. The number of ketones is 1. The fraction of sp³-hybridized carbons (Fsp3) is 0.231. The molecule has 5 aromatic rings. The quantitative estimate of drug-likeness (QED) is 0.259. The van der Waals surface area contributed by atoms with Crippen LogP contribution in [0.2, 0.25) is 5.02 Å². The Morgan fingerprint density at radius 1 is 1.24 bits per heavy atom. The fourth-order valence-electron chi connectivity index (χ4n) is 4.42. The van der Waals surface area contributed by atoms with Gasteiger partial charge in [0.05, 0.1) is 41.5 Å². The zero-order valence-corrected chi connectivity index (χ0v) is 19.1. The number of imidazole rings is 2. The molecular formula is C26H21ClN6O. The molecule has 0 bridgehead atoms. The first-order valence-corrected chi connectivity index (χ1v) is 11.6. The number of carbonyl (C=O) groups is 1. The molecule has 0 aromatic carbocycles. The molecule has 8 heteroatoms. The van der Waals surface area contributed by atoms with Gasteiger partial charge in [-0.05, 0) is 48.9 Å². The van der Waals surface area contributed by atoms with Gasteiger partial charge in [0, 0.05) is 30.0 Å². The van der Waals surface area contributed by atoms with Crippen LogP contribution in [0, 0.1) is 12.3 Å². The minimum Gasteiger partial charge on any atom is -0.306 e. The van der Waals surface area contributed by atoms with E-state index < -0.39 is 0 Å². The van der Waals surface area contributed by atoms with Gasteiger partial charge in [-0.1, -0.05) is 23.6 Å². The number of Topliss-reactive ketones (excluding diaryl/α,β-unsaturated/α-hetero) is 1. The van der Waals surface area contributed by atoms with Crippen molar-refractivity contribution in [1.29, 1.82) is 0 Å². The van der Waals surface area contributed by atoms with Gasteiger partial charge in [-0.15, -0.1) is 6.42 Å². The maximum atomic E-state index is 12.8. The van der Waals surface area contributed by atoms with E-state index in [-0.39, 0.29) is 5.78 Å². The zero-order chi connectivity index (χ0) is 23.2. The molecule has 0 aliphatic heterocycles. The largest absolute Gasteiger partial charge is 0.306 e. The highest BCUT2D eigenvalue weighted by Crippen LogP contribution is 2.41. The predicted molar refractivity (Wildman–Crippen MR) is 129 cm³/mol. The van der Waals surface area contributed by atoms with E-state index in [1.165, 1.54) is 18.4 Å². The molecule has 0 unspecified atom stereocenters. The summed E-state index contributed by atoms with van der Waals surface area (Å²) in [6, 6.07) is 7.78. The van der Waals surface area contributed by atoms with E-state index >= 15 is 0 Å². The van der Waals surface area contributed by atoms with Crippen molar-refractivity contribution in [2.24, 2.45) is 0 Å². The van der Waals surface area contributed by atoms with Crippen LogP contribution in [0.5, 0.6) is 0 Å². The molecule has 0 N–H and O–H groups in total. The smallest absolute Gasteiger partial charge is 0.166 e. The van der Waals surface area contributed by atoms with Gasteiger partial charge in [0.15, 0.2) is 5.78 Å². The first kappa shape index (κ1) is 20.7. The van der Waals surface area contributed by atoms with Gasteiger partial charge in [-0.2, -0.15) is 5.10 Å². The van der Waals surface area contributed by atoms with Crippen molar-refractivity contribution in [3.05, 3.63) is 88.6 Å². The fourth-order valence-corrected chi connectivity index (χ4v) is 4.58. The highest BCUT2D eigenvalue weighted by atomic mass is 35.5. The number of hydrogen-bond acceptors (Lipinski definition) is 4. The third-order valence-electron chi connectivity index (χ3n) is 6.31. The van der Waals surface area contributed by atoms with Gasteiger partial charge >= 0.3 is 0 Å². The van der Waals surface area contributed by atoms with E-state index in [2.05, 4.69) is 22.1 Å². The molecule has 1 aliphatic rings. The molecule has 1 saturated carbocycles. The van der Waals surface area contributed by atoms with Crippen LogP contribution in [0.25, 0.3) is 11.2 Å². The number of aromatic nitrogens is 6. The lowest BCUT2D eigenvalue weighted by Gasteiger charge is -2.05. The van der Waals surface area contributed by atoms with Gasteiger partial charge in [0.1, 0.15) is 11.3 Å². The Kier molecular flexibility index (Phi) is 4.96. The van der Waals surface area contributed by atoms with Crippen LogP contribution in [-0.2, 0) is 13.0 Å². The Balaban J connectivity index is 1.16. The van der Waals surface area contributed by atoms with Crippen molar-refractivity contribution < 1.29 is 4.79 Å². The SMILES string of the molecule is C#Cc1c(C2CC2)ccc2nc(Cn3cc(C(=O)CCc4ncn5ccc(Cl)cc45)cn3)cn12. The van der Waals surface area contributed by atoms with Crippen LogP contribution in [0.15, 0.2) is 55.4 Å². The summed E-state index contributed by atoms with van der Waals surface area (Å²) in [5, 5.41) is 5.02. The summed E-state index contributed by atoms with van der Waals surface area (Å²) in [7, 11) is 0. The van der Waals surface area contributed by atoms with E-state index in [1.54, 1.807) is 23.4 Å². The molecule has 0 atom stereocenters. The van der Waals surface area contributed by atoms with Crippen LogP contribution in [0.4, 0.5) is 0 Å². The normalized spacial score (nSPS) is 13.5. The molecule has 1 fully saturated rings. The van der Waals surface area contributed by atoms with Crippen molar-refractivity contribution in [2.75, 3.05) is 0 Å². The van der Waals surface area contributed by atoms with Gasteiger partial charge in [-0.3, -0.25) is 13.9 Å². The molecule has 1 aliphatic carbocycles. The first-order chi connectivity index (χ1) is 16.6. The maximum Gasteiger partial charge on any atom is 0.166 e. The van der Waals surface area contributed by atoms with Crippen LogP contribution >= 0.6 is 11.6 Å². The van der Waals surface area contributed by atoms with E-state index in [0.717, 1.165) is 28.2 Å². The van der Waals surface area contributed by atoms with Crippen molar-refractivity contribution in [3.8, 4) is 12.3 Å². The number of pyridine rings is 2. The second-order valence-electron chi connectivity index (χ2n) is 8.69. The third-order valence-corrected chi connectivity index (χ3v) is 6.55. The molecular weight excluding hydrogens is 448 g/mol. The Bertz CT molecular complexity index is 1600. The topological polar surface area (TPSA) is 69.5 Å². The van der Waals surface area contributed by atoms with Crippen molar-refractivity contribution >= 4 is 28.5 Å². The van der Waals surface area contributed by atoms with Crippen molar-refractivity contribution in [1.82, 2.24) is 28.5 Å². The molecule has 5 heterocycles. The number of nitrogens with zero attached hydrogens (tertiary/aromatic N) is 6.